The molecule has 1 aromatic heterocycles. The molecule has 1 atom stereocenters. The van der Waals surface area contributed by atoms with E-state index in [0.717, 1.165) is 6.07 Å². The molecule has 1 aliphatic rings. The van der Waals surface area contributed by atoms with Gasteiger partial charge in [-0.05, 0) is 32.0 Å². The van der Waals surface area contributed by atoms with Gasteiger partial charge in [-0.3, -0.25) is 9.69 Å². The summed E-state index contributed by atoms with van der Waals surface area (Å²) in [5.41, 5.74) is -0.113. The number of halogens is 3. The van der Waals surface area contributed by atoms with Crippen LogP contribution in [0.1, 0.15) is 18.2 Å². The number of carbonyl (C=O) groups excluding carboxylic acids is 1. The van der Waals surface area contributed by atoms with Crippen LogP contribution in [0.2, 0.25) is 0 Å². The van der Waals surface area contributed by atoms with Crippen molar-refractivity contribution >= 4 is 17.4 Å². The predicted octanol–water partition coefficient (Wildman–Crippen LogP) is 3.15. The van der Waals surface area contributed by atoms with E-state index in [-0.39, 0.29) is 11.9 Å². The molecule has 27 heavy (non-hydrogen) atoms. The first-order valence-electron chi connectivity index (χ1n) is 8.64. The van der Waals surface area contributed by atoms with Crippen molar-refractivity contribution in [2.75, 3.05) is 36.4 Å². The first-order chi connectivity index (χ1) is 12.7. The average Bonchev–Trinajstić information content (AvgIpc) is 3.05. The molecule has 3 rings (SSSR count). The summed E-state index contributed by atoms with van der Waals surface area (Å²) in [5, 5.41) is 6.44. The molecule has 1 fully saturated rings. The van der Waals surface area contributed by atoms with Gasteiger partial charge in [0.1, 0.15) is 5.76 Å². The SMILES string of the molecule is Cc1cc(NC(=O)C(C)N2CCN(c3cccc(C(F)(F)F)c3)CC2)no1. The number of hydrogen-bond acceptors (Lipinski definition) is 5. The monoisotopic (exact) mass is 382 g/mol. The fourth-order valence-corrected chi connectivity index (χ4v) is 3.07. The smallest absolute Gasteiger partial charge is 0.369 e. The number of benzene rings is 1. The van der Waals surface area contributed by atoms with Crippen molar-refractivity contribution < 1.29 is 22.5 Å². The molecular formula is C18H21F3N4O2. The Hall–Kier alpha value is -2.55. The van der Waals surface area contributed by atoms with Crippen LogP contribution in [-0.4, -0.2) is 48.2 Å². The minimum absolute atomic E-state index is 0.198. The third-order valence-electron chi connectivity index (χ3n) is 4.66. The van der Waals surface area contributed by atoms with E-state index in [1.54, 1.807) is 26.0 Å². The summed E-state index contributed by atoms with van der Waals surface area (Å²) in [7, 11) is 0. The lowest BCUT2D eigenvalue weighted by Gasteiger charge is -2.38. The molecule has 0 aliphatic carbocycles. The number of alkyl halides is 3. The minimum atomic E-state index is -4.36. The fraction of sp³-hybridized carbons (Fsp3) is 0.444. The Bertz CT molecular complexity index is 798. The summed E-state index contributed by atoms with van der Waals surface area (Å²) in [6.07, 6.45) is -4.36. The number of nitrogens with one attached hydrogen (secondary N) is 1. The standard InChI is InChI=1S/C18H21F3N4O2/c1-12-10-16(23-27-12)22-17(26)13(2)24-6-8-25(9-7-24)15-5-3-4-14(11-15)18(19,20)21/h3-5,10-11,13H,6-9H2,1-2H3,(H,22,23,26). The summed E-state index contributed by atoms with van der Waals surface area (Å²) < 4.78 is 43.6. The van der Waals surface area contributed by atoms with Crippen LogP contribution in [0.25, 0.3) is 0 Å². The lowest BCUT2D eigenvalue weighted by atomic mass is 10.1. The minimum Gasteiger partial charge on any atom is -0.369 e. The van der Waals surface area contributed by atoms with E-state index < -0.39 is 11.7 Å². The molecule has 1 saturated heterocycles. The molecule has 9 heteroatoms. The summed E-state index contributed by atoms with van der Waals surface area (Å²) in [4.78, 5) is 16.2. The highest BCUT2D eigenvalue weighted by atomic mass is 19.4. The lowest BCUT2D eigenvalue weighted by Crippen LogP contribution is -2.52. The van der Waals surface area contributed by atoms with Gasteiger partial charge in [0.15, 0.2) is 5.82 Å². The molecule has 1 unspecified atom stereocenters. The van der Waals surface area contributed by atoms with E-state index in [1.165, 1.54) is 12.1 Å². The molecule has 146 valence electrons. The first-order valence-corrected chi connectivity index (χ1v) is 8.64. The van der Waals surface area contributed by atoms with Crippen molar-refractivity contribution in [1.29, 1.82) is 0 Å². The van der Waals surface area contributed by atoms with Crippen LogP contribution in [0.15, 0.2) is 34.9 Å². The maximum absolute atomic E-state index is 12.9. The average molecular weight is 382 g/mol. The fourth-order valence-electron chi connectivity index (χ4n) is 3.07. The zero-order chi connectivity index (χ0) is 19.6. The van der Waals surface area contributed by atoms with Crippen molar-refractivity contribution in [2.24, 2.45) is 0 Å². The second-order valence-electron chi connectivity index (χ2n) is 6.56. The van der Waals surface area contributed by atoms with E-state index in [4.69, 9.17) is 4.52 Å². The maximum atomic E-state index is 12.9. The predicted molar refractivity (Wildman–Crippen MR) is 94.6 cm³/mol. The number of aromatic nitrogens is 1. The van der Waals surface area contributed by atoms with Gasteiger partial charge in [-0.25, -0.2) is 0 Å². The summed E-state index contributed by atoms with van der Waals surface area (Å²) in [6, 6.07) is 6.58. The lowest BCUT2D eigenvalue weighted by molar-refractivity contribution is -0.137. The highest BCUT2D eigenvalue weighted by Crippen LogP contribution is 2.32. The van der Waals surface area contributed by atoms with Crippen LogP contribution in [0.4, 0.5) is 24.7 Å². The summed E-state index contributed by atoms with van der Waals surface area (Å²) in [5.74, 6) is 0.774. The van der Waals surface area contributed by atoms with Gasteiger partial charge < -0.3 is 14.7 Å². The van der Waals surface area contributed by atoms with E-state index in [0.29, 0.717) is 43.4 Å². The number of anilines is 2. The largest absolute Gasteiger partial charge is 0.416 e. The molecule has 1 N–H and O–H groups in total. The quantitative estimate of drug-likeness (QED) is 0.880. The number of piperazine rings is 1. The van der Waals surface area contributed by atoms with E-state index in [9.17, 15) is 18.0 Å². The number of amides is 1. The highest BCUT2D eigenvalue weighted by molar-refractivity contribution is 5.93. The van der Waals surface area contributed by atoms with Gasteiger partial charge in [0, 0.05) is 37.9 Å². The third-order valence-corrected chi connectivity index (χ3v) is 4.66. The summed E-state index contributed by atoms with van der Waals surface area (Å²) >= 11 is 0. The Kier molecular flexibility index (Phi) is 5.41. The second-order valence-corrected chi connectivity index (χ2v) is 6.56. The Morgan fingerprint density at radius 1 is 1.22 bits per heavy atom. The van der Waals surface area contributed by atoms with E-state index in [1.807, 2.05) is 9.80 Å². The molecular weight excluding hydrogens is 361 g/mol. The molecule has 0 spiro atoms. The molecule has 0 saturated carbocycles. The summed E-state index contributed by atoms with van der Waals surface area (Å²) in [6.45, 7) is 5.76. The molecule has 6 nitrogen and oxygen atoms in total. The van der Waals surface area contributed by atoms with Gasteiger partial charge in [-0.2, -0.15) is 13.2 Å². The van der Waals surface area contributed by atoms with Crippen LogP contribution in [0.3, 0.4) is 0 Å². The highest BCUT2D eigenvalue weighted by Gasteiger charge is 2.31. The van der Waals surface area contributed by atoms with Gasteiger partial charge in [0.05, 0.1) is 11.6 Å². The van der Waals surface area contributed by atoms with Gasteiger partial charge in [0.25, 0.3) is 0 Å². The molecule has 2 aromatic rings. The first kappa shape index (κ1) is 19.2. The Labute approximate surface area is 154 Å². The van der Waals surface area contributed by atoms with Crippen molar-refractivity contribution in [1.82, 2.24) is 10.1 Å². The van der Waals surface area contributed by atoms with Crippen LogP contribution in [0.5, 0.6) is 0 Å². The van der Waals surface area contributed by atoms with E-state index >= 15 is 0 Å². The Morgan fingerprint density at radius 2 is 1.93 bits per heavy atom. The van der Waals surface area contributed by atoms with Crippen molar-refractivity contribution in [3.05, 3.63) is 41.7 Å². The zero-order valence-corrected chi connectivity index (χ0v) is 15.1. The van der Waals surface area contributed by atoms with Gasteiger partial charge >= 0.3 is 6.18 Å². The van der Waals surface area contributed by atoms with Crippen molar-refractivity contribution in [3.8, 4) is 0 Å². The molecule has 2 heterocycles. The van der Waals surface area contributed by atoms with Gasteiger partial charge in [0.2, 0.25) is 5.91 Å². The van der Waals surface area contributed by atoms with Crippen molar-refractivity contribution in [3.63, 3.8) is 0 Å². The number of nitrogens with zero attached hydrogens (tertiary/aromatic N) is 3. The van der Waals surface area contributed by atoms with Gasteiger partial charge in [-0.15, -0.1) is 0 Å². The molecule has 1 aromatic carbocycles. The van der Waals surface area contributed by atoms with Crippen LogP contribution < -0.4 is 10.2 Å². The Balaban J connectivity index is 1.57. The number of carbonyl (C=O) groups is 1. The molecule has 1 amide bonds. The molecule has 0 radical (unpaired) electrons. The van der Waals surface area contributed by atoms with Crippen LogP contribution in [-0.2, 0) is 11.0 Å². The number of aryl methyl sites for hydroxylation is 1. The van der Waals surface area contributed by atoms with Crippen molar-refractivity contribution in [2.45, 2.75) is 26.1 Å². The number of hydrogen-bond donors (Lipinski definition) is 1. The second kappa shape index (κ2) is 7.59. The topological polar surface area (TPSA) is 61.6 Å². The number of rotatable bonds is 4. The van der Waals surface area contributed by atoms with Gasteiger partial charge in [-0.1, -0.05) is 11.2 Å². The molecule has 1 aliphatic heterocycles. The third kappa shape index (κ3) is 4.60. The van der Waals surface area contributed by atoms with Crippen LogP contribution >= 0.6 is 0 Å². The Morgan fingerprint density at radius 3 is 2.52 bits per heavy atom. The van der Waals surface area contributed by atoms with E-state index in [2.05, 4.69) is 10.5 Å². The zero-order valence-electron chi connectivity index (χ0n) is 15.1. The molecule has 0 bridgehead atoms. The maximum Gasteiger partial charge on any atom is 0.416 e. The normalized spacial score (nSPS) is 17.0. The van der Waals surface area contributed by atoms with Crippen LogP contribution in [0, 0.1) is 6.92 Å².